The molecule has 0 spiro atoms. The van der Waals surface area contributed by atoms with Crippen LogP contribution < -0.4 is 0 Å². The number of nitrogens with zero attached hydrogens (tertiary/aromatic N) is 3. The third kappa shape index (κ3) is 3.93. The molecular weight excluding hydrogens is 587 g/mol. The Balaban J connectivity index is 1.12. The molecule has 4 heteroatoms. The number of hydrogen-bond donors (Lipinski definition) is 0. The minimum absolute atomic E-state index is 0.913. The van der Waals surface area contributed by atoms with E-state index in [1.165, 1.54) is 21.9 Å². The molecule has 0 amide bonds. The van der Waals surface area contributed by atoms with Gasteiger partial charge < -0.3 is 8.98 Å². The van der Waals surface area contributed by atoms with E-state index in [4.69, 9.17) is 9.40 Å². The average molecular weight is 616 g/mol. The molecule has 0 aliphatic heterocycles. The van der Waals surface area contributed by atoms with Crippen LogP contribution in [-0.4, -0.2) is 14.1 Å². The first-order valence-electron chi connectivity index (χ1n) is 16.3. The first-order chi connectivity index (χ1) is 23.7. The van der Waals surface area contributed by atoms with Crippen LogP contribution >= 0.6 is 0 Å². The van der Waals surface area contributed by atoms with Crippen LogP contribution in [0, 0.1) is 6.92 Å². The summed E-state index contributed by atoms with van der Waals surface area (Å²) in [7, 11) is 0. The van der Waals surface area contributed by atoms with Crippen LogP contribution in [0.3, 0.4) is 0 Å². The molecule has 0 aliphatic carbocycles. The van der Waals surface area contributed by atoms with E-state index in [1.807, 2.05) is 12.1 Å². The maximum absolute atomic E-state index is 6.41. The van der Waals surface area contributed by atoms with Crippen LogP contribution in [0.15, 0.2) is 162 Å². The summed E-state index contributed by atoms with van der Waals surface area (Å²) >= 11 is 0. The van der Waals surface area contributed by atoms with E-state index in [-0.39, 0.29) is 0 Å². The highest BCUT2D eigenvalue weighted by molar-refractivity contribution is 6.13. The number of aromatic nitrogens is 3. The van der Waals surface area contributed by atoms with Gasteiger partial charge >= 0.3 is 0 Å². The zero-order valence-electron chi connectivity index (χ0n) is 26.3. The molecular formula is C44H29N3O. The largest absolute Gasteiger partial charge is 0.455 e. The van der Waals surface area contributed by atoms with Crippen molar-refractivity contribution in [2.75, 3.05) is 0 Å². The lowest BCUT2D eigenvalue weighted by Gasteiger charge is -2.13. The first-order valence-corrected chi connectivity index (χ1v) is 16.3. The van der Waals surface area contributed by atoms with Gasteiger partial charge in [0.2, 0.25) is 0 Å². The van der Waals surface area contributed by atoms with Gasteiger partial charge in [0.25, 0.3) is 0 Å². The maximum Gasteiger partial charge on any atom is 0.145 e. The highest BCUT2D eigenvalue weighted by Crippen LogP contribution is 2.39. The summed E-state index contributed by atoms with van der Waals surface area (Å²) in [5, 5.41) is 4.71. The summed E-state index contributed by atoms with van der Waals surface area (Å²) < 4.78 is 11.1. The van der Waals surface area contributed by atoms with Crippen LogP contribution in [0.4, 0.5) is 0 Å². The van der Waals surface area contributed by atoms with E-state index in [0.717, 1.165) is 72.4 Å². The first kappa shape index (κ1) is 26.8. The third-order valence-electron chi connectivity index (χ3n) is 9.69. The van der Waals surface area contributed by atoms with E-state index >= 15 is 0 Å². The van der Waals surface area contributed by atoms with Crippen molar-refractivity contribution >= 4 is 54.8 Å². The predicted molar refractivity (Wildman–Crippen MR) is 198 cm³/mol. The summed E-state index contributed by atoms with van der Waals surface area (Å²) in [6.45, 7) is 2.15. The number of imidazole rings is 1. The average Bonchev–Trinajstić information content (AvgIpc) is 3.82. The molecule has 10 aromatic rings. The lowest BCUT2D eigenvalue weighted by Crippen LogP contribution is -2.00. The molecule has 0 fully saturated rings. The van der Waals surface area contributed by atoms with Crippen molar-refractivity contribution in [1.82, 2.24) is 14.1 Å². The zero-order valence-corrected chi connectivity index (χ0v) is 26.3. The molecule has 0 saturated heterocycles. The SMILES string of the molecule is Cc1ccccc1-n1c(-c2ccc(-n3c4ccccc4c4cc(-c5cccc6c5oc5ccccc56)ccc43)cc2)nc2ccccc21. The number of rotatable bonds is 4. The molecule has 10 rings (SSSR count). The molecule has 3 heterocycles. The monoisotopic (exact) mass is 615 g/mol. The number of benzene rings is 7. The van der Waals surface area contributed by atoms with E-state index in [0.29, 0.717) is 0 Å². The van der Waals surface area contributed by atoms with Crippen molar-refractivity contribution in [2.24, 2.45) is 0 Å². The molecule has 0 N–H and O–H groups in total. The minimum atomic E-state index is 0.913. The van der Waals surface area contributed by atoms with Crippen LogP contribution in [0.2, 0.25) is 0 Å². The van der Waals surface area contributed by atoms with E-state index in [9.17, 15) is 0 Å². The van der Waals surface area contributed by atoms with Gasteiger partial charge in [0, 0.05) is 38.4 Å². The maximum atomic E-state index is 6.41. The molecule has 0 aliphatic rings. The Kier molecular flexibility index (Phi) is 5.75. The van der Waals surface area contributed by atoms with Crippen molar-refractivity contribution in [2.45, 2.75) is 6.92 Å². The number of hydrogen-bond acceptors (Lipinski definition) is 2. The molecule has 226 valence electrons. The Labute approximate surface area is 276 Å². The van der Waals surface area contributed by atoms with Crippen LogP contribution in [-0.2, 0) is 0 Å². The summed E-state index contributed by atoms with van der Waals surface area (Å²) in [4.78, 5) is 5.12. The fraction of sp³-hybridized carbons (Fsp3) is 0.0227. The Bertz CT molecular complexity index is 2850. The fourth-order valence-corrected chi connectivity index (χ4v) is 7.43. The molecule has 0 radical (unpaired) electrons. The van der Waals surface area contributed by atoms with Crippen LogP contribution in [0.1, 0.15) is 5.56 Å². The number of aryl methyl sites for hydroxylation is 1. The number of fused-ring (bicyclic) bond motifs is 7. The zero-order chi connectivity index (χ0) is 31.8. The van der Waals surface area contributed by atoms with Crippen molar-refractivity contribution < 1.29 is 4.42 Å². The highest BCUT2D eigenvalue weighted by atomic mass is 16.3. The van der Waals surface area contributed by atoms with Gasteiger partial charge in [-0.05, 0) is 84.8 Å². The van der Waals surface area contributed by atoms with Crippen molar-refractivity contribution in [3.8, 4) is 33.9 Å². The lowest BCUT2D eigenvalue weighted by molar-refractivity contribution is 0.670. The second kappa shape index (κ2) is 10.3. The molecule has 0 bridgehead atoms. The molecule has 0 atom stereocenters. The van der Waals surface area contributed by atoms with Gasteiger partial charge in [-0.3, -0.25) is 4.57 Å². The predicted octanol–water partition coefficient (Wildman–Crippen LogP) is 11.7. The van der Waals surface area contributed by atoms with Crippen molar-refractivity contribution in [3.63, 3.8) is 0 Å². The third-order valence-corrected chi connectivity index (χ3v) is 9.69. The van der Waals surface area contributed by atoms with Crippen molar-refractivity contribution in [1.29, 1.82) is 0 Å². The fourth-order valence-electron chi connectivity index (χ4n) is 7.43. The van der Waals surface area contributed by atoms with E-state index < -0.39 is 0 Å². The topological polar surface area (TPSA) is 35.9 Å². The number of para-hydroxylation sites is 6. The van der Waals surface area contributed by atoms with Gasteiger partial charge in [-0.1, -0.05) is 91.0 Å². The second-order valence-corrected chi connectivity index (χ2v) is 12.5. The Morgan fingerprint density at radius 1 is 0.500 bits per heavy atom. The molecule has 48 heavy (non-hydrogen) atoms. The molecule has 0 unspecified atom stereocenters. The summed E-state index contributed by atoms with van der Waals surface area (Å²) in [6.07, 6.45) is 0. The second-order valence-electron chi connectivity index (χ2n) is 12.5. The molecule has 4 nitrogen and oxygen atoms in total. The van der Waals surface area contributed by atoms with Gasteiger partial charge in [-0.15, -0.1) is 0 Å². The highest BCUT2D eigenvalue weighted by Gasteiger charge is 2.18. The lowest BCUT2D eigenvalue weighted by atomic mass is 10.0. The van der Waals surface area contributed by atoms with Gasteiger partial charge in [0.15, 0.2) is 0 Å². The molecule has 3 aromatic heterocycles. The Morgan fingerprint density at radius 2 is 1.19 bits per heavy atom. The van der Waals surface area contributed by atoms with Gasteiger partial charge in [-0.25, -0.2) is 4.98 Å². The quantitative estimate of drug-likeness (QED) is 0.197. The summed E-state index contributed by atoms with van der Waals surface area (Å²) in [6, 6.07) is 55.8. The normalized spacial score (nSPS) is 11.9. The summed E-state index contributed by atoms with van der Waals surface area (Å²) in [5.41, 5.74) is 13.0. The molecule has 7 aromatic carbocycles. The van der Waals surface area contributed by atoms with E-state index in [1.54, 1.807) is 0 Å². The standard InChI is InChI=1S/C44H29N3O/c1-28-11-2-6-17-38(28)47-41-19-8-5-16-37(41)45-44(47)29-21-24-31(25-22-29)46-39-18-7-3-12-33(39)36-27-30(23-26-40(36)46)32-14-10-15-35-34-13-4-9-20-42(34)48-43(32)35/h2-27H,1H3. The molecule has 0 saturated carbocycles. The van der Waals surface area contributed by atoms with Gasteiger partial charge in [0.05, 0.1) is 27.8 Å². The van der Waals surface area contributed by atoms with Crippen LogP contribution in [0.25, 0.3) is 88.7 Å². The minimum Gasteiger partial charge on any atom is -0.455 e. The van der Waals surface area contributed by atoms with Crippen molar-refractivity contribution in [3.05, 3.63) is 163 Å². The Morgan fingerprint density at radius 3 is 2.06 bits per heavy atom. The Hall–Kier alpha value is -6.39. The van der Waals surface area contributed by atoms with Gasteiger partial charge in [0.1, 0.15) is 17.0 Å². The summed E-state index contributed by atoms with van der Waals surface area (Å²) in [5.74, 6) is 0.934. The van der Waals surface area contributed by atoms with Gasteiger partial charge in [-0.2, -0.15) is 0 Å². The number of furan rings is 1. The smallest absolute Gasteiger partial charge is 0.145 e. The van der Waals surface area contributed by atoms with Crippen LogP contribution in [0.5, 0.6) is 0 Å². The van der Waals surface area contributed by atoms with E-state index in [2.05, 4.69) is 162 Å².